The number of sulfonamides is 1. The van der Waals surface area contributed by atoms with E-state index < -0.39 is 10.0 Å². The van der Waals surface area contributed by atoms with Gasteiger partial charge in [0.2, 0.25) is 10.0 Å². The van der Waals surface area contributed by atoms with Crippen LogP contribution in [0.4, 0.5) is 0 Å². The number of ether oxygens (including phenoxy) is 2. The quantitative estimate of drug-likeness (QED) is 0.721. The molecule has 0 bridgehead atoms. The second-order valence-electron chi connectivity index (χ2n) is 5.72. The molecule has 0 radical (unpaired) electrons. The minimum atomic E-state index is -3.31. The average molecular weight is 342 g/mol. The molecule has 130 valence electrons. The van der Waals surface area contributed by atoms with Crippen LogP contribution < -0.4 is 10.5 Å². The van der Waals surface area contributed by atoms with Crippen LogP contribution in [-0.2, 0) is 20.5 Å². The van der Waals surface area contributed by atoms with Gasteiger partial charge in [0.25, 0.3) is 0 Å². The first-order valence-electron chi connectivity index (χ1n) is 7.97. The van der Waals surface area contributed by atoms with Crippen molar-refractivity contribution in [2.75, 3.05) is 33.4 Å². The largest absolute Gasteiger partial charge is 0.497 e. The summed E-state index contributed by atoms with van der Waals surface area (Å²) in [7, 11) is -1.74. The third kappa shape index (κ3) is 5.46. The first kappa shape index (κ1) is 18.2. The number of piperidine rings is 1. The lowest BCUT2D eigenvalue weighted by atomic mass is 10.1. The molecule has 0 spiro atoms. The molecule has 1 fully saturated rings. The molecule has 1 aromatic carbocycles. The zero-order valence-electron chi connectivity index (χ0n) is 13.6. The normalized spacial score (nSPS) is 17.3. The molecule has 2 rings (SSSR count). The molecule has 0 aliphatic carbocycles. The Morgan fingerprint density at radius 3 is 2.70 bits per heavy atom. The van der Waals surface area contributed by atoms with Gasteiger partial charge in [-0.1, -0.05) is 12.1 Å². The third-order valence-corrected chi connectivity index (χ3v) is 5.83. The van der Waals surface area contributed by atoms with E-state index in [2.05, 4.69) is 0 Å². The van der Waals surface area contributed by atoms with Crippen LogP contribution in [0.3, 0.4) is 0 Å². The molecule has 0 saturated carbocycles. The van der Waals surface area contributed by atoms with Crippen molar-refractivity contribution in [1.82, 2.24) is 4.31 Å². The third-order valence-electron chi connectivity index (χ3n) is 3.98. The van der Waals surface area contributed by atoms with Crippen LogP contribution in [0.2, 0.25) is 0 Å². The van der Waals surface area contributed by atoms with Crippen molar-refractivity contribution >= 4 is 10.0 Å². The molecule has 23 heavy (non-hydrogen) atoms. The summed E-state index contributed by atoms with van der Waals surface area (Å²) in [4.78, 5) is 0. The summed E-state index contributed by atoms with van der Waals surface area (Å²) >= 11 is 0. The highest BCUT2D eigenvalue weighted by Crippen LogP contribution is 2.21. The summed E-state index contributed by atoms with van der Waals surface area (Å²) in [6.07, 6.45) is 2.46. The second kappa shape index (κ2) is 8.63. The SMILES string of the molecule is COc1cccc(CS(=O)(=O)N2CCC(OCCCN)CC2)c1. The summed E-state index contributed by atoms with van der Waals surface area (Å²) in [6, 6.07) is 7.18. The van der Waals surface area contributed by atoms with Gasteiger partial charge in [-0.05, 0) is 43.5 Å². The van der Waals surface area contributed by atoms with Crippen LogP contribution in [-0.4, -0.2) is 52.2 Å². The molecule has 6 nitrogen and oxygen atoms in total. The smallest absolute Gasteiger partial charge is 0.218 e. The van der Waals surface area contributed by atoms with E-state index in [1.54, 1.807) is 29.6 Å². The lowest BCUT2D eigenvalue weighted by Crippen LogP contribution is -2.41. The van der Waals surface area contributed by atoms with Crippen molar-refractivity contribution < 1.29 is 17.9 Å². The van der Waals surface area contributed by atoms with Crippen molar-refractivity contribution in [3.63, 3.8) is 0 Å². The van der Waals surface area contributed by atoms with Crippen molar-refractivity contribution in [2.24, 2.45) is 5.73 Å². The van der Waals surface area contributed by atoms with Gasteiger partial charge in [0, 0.05) is 19.7 Å². The number of rotatable bonds is 8. The molecule has 2 N–H and O–H groups in total. The minimum absolute atomic E-state index is 0.00287. The zero-order chi connectivity index (χ0) is 16.7. The van der Waals surface area contributed by atoms with Gasteiger partial charge in [-0.25, -0.2) is 12.7 Å². The highest BCUT2D eigenvalue weighted by Gasteiger charge is 2.28. The number of hydrogen-bond donors (Lipinski definition) is 1. The van der Waals surface area contributed by atoms with Gasteiger partial charge >= 0.3 is 0 Å². The fourth-order valence-electron chi connectivity index (χ4n) is 2.67. The van der Waals surface area contributed by atoms with Crippen LogP contribution in [0.15, 0.2) is 24.3 Å². The Morgan fingerprint density at radius 1 is 1.30 bits per heavy atom. The highest BCUT2D eigenvalue weighted by atomic mass is 32.2. The Labute approximate surface area is 138 Å². The zero-order valence-corrected chi connectivity index (χ0v) is 14.4. The van der Waals surface area contributed by atoms with E-state index in [1.807, 2.05) is 6.07 Å². The Kier molecular flexibility index (Phi) is 6.83. The summed E-state index contributed by atoms with van der Waals surface area (Å²) in [5.74, 6) is 0.674. The fraction of sp³-hybridized carbons (Fsp3) is 0.625. The number of hydrogen-bond acceptors (Lipinski definition) is 5. The maximum atomic E-state index is 12.5. The van der Waals surface area contributed by atoms with Gasteiger partial charge in [-0.2, -0.15) is 0 Å². The molecule has 7 heteroatoms. The van der Waals surface area contributed by atoms with Crippen LogP contribution in [0.25, 0.3) is 0 Å². The summed E-state index contributed by atoms with van der Waals surface area (Å²) < 4.78 is 37.5. The van der Waals surface area contributed by atoms with E-state index in [-0.39, 0.29) is 11.9 Å². The lowest BCUT2D eigenvalue weighted by Gasteiger charge is -2.31. The predicted molar refractivity (Wildman–Crippen MR) is 89.8 cm³/mol. The van der Waals surface area contributed by atoms with Gasteiger partial charge in [-0.15, -0.1) is 0 Å². The monoisotopic (exact) mass is 342 g/mol. The summed E-state index contributed by atoms with van der Waals surface area (Å²) in [6.45, 7) is 2.30. The van der Waals surface area contributed by atoms with Gasteiger partial charge in [0.1, 0.15) is 5.75 Å². The van der Waals surface area contributed by atoms with Crippen LogP contribution in [0.1, 0.15) is 24.8 Å². The van der Waals surface area contributed by atoms with Gasteiger partial charge in [0.05, 0.1) is 19.0 Å². The molecule has 0 aromatic heterocycles. The average Bonchev–Trinajstić information content (AvgIpc) is 2.55. The maximum absolute atomic E-state index is 12.5. The van der Waals surface area contributed by atoms with Gasteiger partial charge in [0.15, 0.2) is 0 Å². The van der Waals surface area contributed by atoms with Crippen molar-refractivity contribution in [3.05, 3.63) is 29.8 Å². The Hall–Kier alpha value is -1.15. The maximum Gasteiger partial charge on any atom is 0.218 e. The molecular weight excluding hydrogens is 316 g/mol. The van der Waals surface area contributed by atoms with Crippen molar-refractivity contribution in [1.29, 1.82) is 0 Å². The topological polar surface area (TPSA) is 81.9 Å². The lowest BCUT2D eigenvalue weighted by molar-refractivity contribution is 0.0208. The Bertz CT molecular complexity index is 583. The number of nitrogens with zero attached hydrogens (tertiary/aromatic N) is 1. The van der Waals surface area contributed by atoms with Gasteiger partial charge < -0.3 is 15.2 Å². The van der Waals surface area contributed by atoms with E-state index in [0.717, 1.165) is 24.8 Å². The Balaban J connectivity index is 1.88. The number of nitrogens with two attached hydrogens (primary N) is 1. The van der Waals surface area contributed by atoms with E-state index in [1.165, 1.54) is 0 Å². The number of methoxy groups -OCH3 is 1. The summed E-state index contributed by atoms with van der Waals surface area (Å²) in [5.41, 5.74) is 6.18. The second-order valence-corrected chi connectivity index (χ2v) is 7.69. The Morgan fingerprint density at radius 2 is 2.04 bits per heavy atom. The van der Waals surface area contributed by atoms with Gasteiger partial charge in [-0.3, -0.25) is 0 Å². The van der Waals surface area contributed by atoms with Crippen LogP contribution in [0.5, 0.6) is 5.75 Å². The van der Waals surface area contributed by atoms with E-state index in [0.29, 0.717) is 32.0 Å². The van der Waals surface area contributed by atoms with E-state index in [4.69, 9.17) is 15.2 Å². The van der Waals surface area contributed by atoms with Crippen molar-refractivity contribution in [3.8, 4) is 5.75 Å². The standard InChI is InChI=1S/C16H26N2O4S/c1-21-16-5-2-4-14(12-16)13-23(19,20)18-9-6-15(7-10-18)22-11-3-8-17/h2,4-5,12,15H,3,6-11,13,17H2,1H3. The van der Waals surface area contributed by atoms with Crippen LogP contribution in [0, 0.1) is 0 Å². The molecule has 0 amide bonds. The van der Waals surface area contributed by atoms with E-state index in [9.17, 15) is 8.42 Å². The molecule has 1 saturated heterocycles. The minimum Gasteiger partial charge on any atom is -0.497 e. The van der Waals surface area contributed by atoms with E-state index >= 15 is 0 Å². The molecule has 0 unspecified atom stereocenters. The fourth-order valence-corrected chi connectivity index (χ4v) is 4.22. The van der Waals surface area contributed by atoms with Crippen molar-refractivity contribution in [2.45, 2.75) is 31.1 Å². The van der Waals surface area contributed by atoms with Crippen LogP contribution >= 0.6 is 0 Å². The highest BCUT2D eigenvalue weighted by molar-refractivity contribution is 7.88. The first-order chi connectivity index (χ1) is 11.0. The molecule has 1 aliphatic heterocycles. The predicted octanol–water partition coefficient (Wildman–Crippen LogP) is 1.35. The number of benzene rings is 1. The molecule has 1 aromatic rings. The molecule has 1 aliphatic rings. The first-order valence-corrected chi connectivity index (χ1v) is 9.58. The molecular formula is C16H26N2O4S. The molecule has 1 heterocycles. The summed E-state index contributed by atoms with van der Waals surface area (Å²) in [5, 5.41) is 0. The molecule has 0 atom stereocenters.